The lowest BCUT2D eigenvalue weighted by atomic mass is 9.81. The monoisotopic (exact) mass is 575 g/mol. The topological polar surface area (TPSA) is 38.7 Å². The van der Waals surface area contributed by atoms with Crippen molar-refractivity contribution >= 4 is 32.3 Å². The minimum absolute atomic E-state index is 0.153. The second-order valence-corrected chi connectivity index (χ2v) is 12.5. The van der Waals surface area contributed by atoms with Crippen molar-refractivity contribution in [2.75, 3.05) is 0 Å². The van der Waals surface area contributed by atoms with Gasteiger partial charge in [-0.3, -0.25) is 0 Å². The summed E-state index contributed by atoms with van der Waals surface area (Å²) in [5, 5.41) is 7.27. The van der Waals surface area contributed by atoms with E-state index < -0.39 is 0 Å². The summed E-state index contributed by atoms with van der Waals surface area (Å²) in [7, 11) is 0. The summed E-state index contributed by atoms with van der Waals surface area (Å²) in [6.07, 6.45) is 0. The minimum Gasteiger partial charge on any atom is -0.208 e. The largest absolute Gasteiger partial charge is 0.208 e. The normalized spacial score (nSPS) is 13.3. The third kappa shape index (κ3) is 4.08. The third-order valence-electron chi connectivity index (χ3n) is 9.47. The summed E-state index contributed by atoms with van der Waals surface area (Å²) in [4.78, 5) is 15.3. The third-order valence-corrected chi connectivity index (χ3v) is 9.47. The quantitative estimate of drug-likeness (QED) is 0.210. The van der Waals surface area contributed by atoms with Gasteiger partial charge in [-0.2, -0.15) is 0 Å². The second-order valence-electron chi connectivity index (χ2n) is 12.5. The van der Waals surface area contributed by atoms with Gasteiger partial charge in [-0.15, -0.1) is 0 Å². The van der Waals surface area contributed by atoms with E-state index in [2.05, 4.69) is 153 Å². The standard InChI is InChI=1S/C42H29N3/c1-42(2)36-22-20-28-11-7-8-14-34(28)38(36)35-21-19-33(25-37(35)42)41-44-39(31-17-15-26-9-3-5-12-29(26)23-31)43-40(45-41)32-18-16-27-10-4-6-13-30(27)24-32/h3-25H,1-2H3. The van der Waals surface area contributed by atoms with Gasteiger partial charge in [0.25, 0.3) is 0 Å². The van der Waals surface area contributed by atoms with Gasteiger partial charge in [0.1, 0.15) is 0 Å². The van der Waals surface area contributed by atoms with E-state index in [-0.39, 0.29) is 5.41 Å². The average molecular weight is 576 g/mol. The Morgan fingerprint density at radius 1 is 0.400 bits per heavy atom. The van der Waals surface area contributed by atoms with Crippen molar-refractivity contribution in [3.63, 3.8) is 0 Å². The lowest BCUT2D eigenvalue weighted by Gasteiger charge is -2.22. The van der Waals surface area contributed by atoms with E-state index in [0.717, 1.165) is 27.5 Å². The molecule has 1 heterocycles. The van der Waals surface area contributed by atoms with Crippen LogP contribution in [0, 0.1) is 0 Å². The molecule has 8 aromatic rings. The molecule has 3 nitrogen and oxygen atoms in total. The van der Waals surface area contributed by atoms with Crippen LogP contribution in [0.15, 0.2) is 140 Å². The van der Waals surface area contributed by atoms with Crippen LogP contribution < -0.4 is 0 Å². The van der Waals surface area contributed by atoms with E-state index in [0.29, 0.717) is 17.5 Å². The molecule has 0 radical (unpaired) electrons. The first-order valence-corrected chi connectivity index (χ1v) is 15.4. The molecule has 0 atom stereocenters. The molecule has 0 amide bonds. The van der Waals surface area contributed by atoms with Gasteiger partial charge in [0.15, 0.2) is 17.5 Å². The van der Waals surface area contributed by atoms with Crippen LogP contribution in [-0.4, -0.2) is 15.0 Å². The minimum atomic E-state index is -0.153. The number of rotatable bonds is 3. The Morgan fingerprint density at radius 2 is 0.867 bits per heavy atom. The molecule has 0 bridgehead atoms. The fraction of sp³-hybridized carbons (Fsp3) is 0.0714. The Labute approximate surface area is 261 Å². The van der Waals surface area contributed by atoms with E-state index in [1.54, 1.807) is 0 Å². The second kappa shape index (κ2) is 9.67. The van der Waals surface area contributed by atoms with Crippen LogP contribution in [0.4, 0.5) is 0 Å². The van der Waals surface area contributed by atoms with E-state index in [9.17, 15) is 0 Å². The highest BCUT2D eigenvalue weighted by Crippen LogP contribution is 2.52. The molecule has 1 aromatic heterocycles. The molecular weight excluding hydrogens is 546 g/mol. The average Bonchev–Trinajstić information content (AvgIpc) is 3.33. The number of nitrogens with zero attached hydrogens (tertiary/aromatic N) is 3. The molecule has 0 N–H and O–H groups in total. The predicted molar refractivity (Wildman–Crippen MR) is 186 cm³/mol. The van der Waals surface area contributed by atoms with Crippen molar-refractivity contribution < 1.29 is 0 Å². The van der Waals surface area contributed by atoms with Gasteiger partial charge in [-0.05, 0) is 72.8 Å². The van der Waals surface area contributed by atoms with Gasteiger partial charge in [-0.25, -0.2) is 15.0 Å². The van der Waals surface area contributed by atoms with E-state index >= 15 is 0 Å². The highest BCUT2D eigenvalue weighted by atomic mass is 15.0. The highest BCUT2D eigenvalue weighted by Gasteiger charge is 2.36. The van der Waals surface area contributed by atoms with E-state index in [1.807, 2.05) is 0 Å². The number of hydrogen-bond donors (Lipinski definition) is 0. The zero-order valence-corrected chi connectivity index (χ0v) is 25.1. The van der Waals surface area contributed by atoms with Gasteiger partial charge in [0.05, 0.1) is 0 Å². The molecule has 7 aromatic carbocycles. The fourth-order valence-corrected chi connectivity index (χ4v) is 7.07. The van der Waals surface area contributed by atoms with Crippen molar-refractivity contribution in [2.45, 2.75) is 19.3 Å². The highest BCUT2D eigenvalue weighted by molar-refractivity contribution is 6.02. The Kier molecular flexibility index (Phi) is 5.54. The summed E-state index contributed by atoms with van der Waals surface area (Å²) >= 11 is 0. The SMILES string of the molecule is CC1(C)c2cc(-c3nc(-c4ccc5ccccc5c4)nc(-c4ccc5ccccc5c4)n3)ccc2-c2c1ccc1ccccc21. The van der Waals surface area contributed by atoms with Crippen molar-refractivity contribution in [3.05, 3.63) is 151 Å². The molecule has 45 heavy (non-hydrogen) atoms. The molecule has 0 unspecified atom stereocenters. The van der Waals surface area contributed by atoms with Crippen LogP contribution in [0.5, 0.6) is 0 Å². The van der Waals surface area contributed by atoms with Gasteiger partial charge in [0, 0.05) is 22.1 Å². The van der Waals surface area contributed by atoms with Crippen molar-refractivity contribution in [2.24, 2.45) is 0 Å². The number of benzene rings is 7. The maximum absolute atomic E-state index is 5.12. The summed E-state index contributed by atoms with van der Waals surface area (Å²) in [6, 6.07) is 49.6. The first-order valence-electron chi connectivity index (χ1n) is 15.4. The number of fused-ring (bicyclic) bond motifs is 7. The van der Waals surface area contributed by atoms with Gasteiger partial charge >= 0.3 is 0 Å². The zero-order valence-electron chi connectivity index (χ0n) is 25.1. The Balaban J connectivity index is 1.25. The number of aromatic nitrogens is 3. The van der Waals surface area contributed by atoms with Gasteiger partial charge in [0.2, 0.25) is 0 Å². The predicted octanol–water partition coefficient (Wildman–Crippen LogP) is 10.6. The van der Waals surface area contributed by atoms with Crippen molar-refractivity contribution in [1.82, 2.24) is 15.0 Å². The molecule has 212 valence electrons. The lowest BCUT2D eigenvalue weighted by Crippen LogP contribution is -2.15. The molecule has 0 fully saturated rings. The molecule has 1 aliphatic rings. The summed E-state index contributed by atoms with van der Waals surface area (Å²) in [5.41, 5.74) is 8.06. The molecule has 0 spiro atoms. The molecule has 9 rings (SSSR count). The summed E-state index contributed by atoms with van der Waals surface area (Å²) in [5.74, 6) is 2.02. The molecular formula is C42H29N3. The van der Waals surface area contributed by atoms with Crippen molar-refractivity contribution in [3.8, 4) is 45.3 Å². The molecule has 1 aliphatic carbocycles. The maximum Gasteiger partial charge on any atom is 0.164 e. The smallest absolute Gasteiger partial charge is 0.164 e. The summed E-state index contributed by atoms with van der Waals surface area (Å²) in [6.45, 7) is 4.65. The van der Waals surface area contributed by atoms with Crippen LogP contribution in [0.1, 0.15) is 25.0 Å². The van der Waals surface area contributed by atoms with Crippen LogP contribution >= 0.6 is 0 Å². The molecule has 0 aliphatic heterocycles. The lowest BCUT2D eigenvalue weighted by molar-refractivity contribution is 0.661. The van der Waals surface area contributed by atoms with Gasteiger partial charge in [-0.1, -0.05) is 135 Å². The summed E-state index contributed by atoms with van der Waals surface area (Å²) < 4.78 is 0. The first kappa shape index (κ1) is 25.8. The van der Waals surface area contributed by atoms with E-state index in [1.165, 1.54) is 43.8 Å². The maximum atomic E-state index is 5.12. The fourth-order valence-electron chi connectivity index (χ4n) is 7.07. The van der Waals surface area contributed by atoms with Crippen LogP contribution in [0.3, 0.4) is 0 Å². The van der Waals surface area contributed by atoms with Gasteiger partial charge < -0.3 is 0 Å². The Morgan fingerprint density at radius 3 is 1.47 bits per heavy atom. The first-order chi connectivity index (χ1) is 22.0. The number of hydrogen-bond acceptors (Lipinski definition) is 3. The van der Waals surface area contributed by atoms with Crippen LogP contribution in [0.2, 0.25) is 0 Å². The Hall–Kier alpha value is -5.67. The zero-order chi connectivity index (χ0) is 30.1. The molecule has 0 saturated heterocycles. The van der Waals surface area contributed by atoms with Crippen LogP contribution in [0.25, 0.3) is 77.6 Å². The molecule has 0 saturated carbocycles. The van der Waals surface area contributed by atoms with Crippen LogP contribution in [-0.2, 0) is 5.41 Å². The van der Waals surface area contributed by atoms with E-state index in [4.69, 9.17) is 15.0 Å². The van der Waals surface area contributed by atoms with Crippen molar-refractivity contribution in [1.29, 1.82) is 0 Å². The molecule has 3 heteroatoms. The Bertz CT molecular complexity index is 2380.